The first-order valence-electron chi connectivity index (χ1n) is 11.7. The molecule has 3 heterocycles. The number of thiazole rings is 1. The van der Waals surface area contributed by atoms with E-state index in [0.717, 1.165) is 16.2 Å². The van der Waals surface area contributed by atoms with Gasteiger partial charge in [0.1, 0.15) is 12.1 Å². The Balaban J connectivity index is 1.42. The number of benzene rings is 1. The summed E-state index contributed by atoms with van der Waals surface area (Å²) < 4.78 is 15.5. The number of urea groups is 1. The van der Waals surface area contributed by atoms with Crippen LogP contribution in [0.5, 0.6) is 0 Å². The average Bonchev–Trinajstić information content (AvgIpc) is 3.61. The van der Waals surface area contributed by atoms with E-state index in [2.05, 4.69) is 20.4 Å². The Morgan fingerprint density at radius 1 is 1.29 bits per heavy atom. The first-order chi connectivity index (χ1) is 18.2. The van der Waals surface area contributed by atoms with Crippen molar-refractivity contribution in [1.29, 1.82) is 0 Å². The van der Waals surface area contributed by atoms with Gasteiger partial charge in [0, 0.05) is 22.7 Å². The van der Waals surface area contributed by atoms with Crippen LogP contribution in [0.25, 0.3) is 0 Å². The minimum Gasteiger partial charge on any atom is -0.464 e. The summed E-state index contributed by atoms with van der Waals surface area (Å²) in [5.74, 6) is -1.27. The molecule has 2 saturated heterocycles. The van der Waals surface area contributed by atoms with Crippen LogP contribution in [-0.2, 0) is 30.2 Å². The molecule has 4 atom stereocenters. The van der Waals surface area contributed by atoms with Gasteiger partial charge in [0.2, 0.25) is 12.7 Å². The second-order valence-corrected chi connectivity index (χ2v) is 10.2. The lowest BCUT2D eigenvalue weighted by Crippen LogP contribution is -2.49. The third kappa shape index (κ3) is 4.96. The third-order valence-corrected chi connectivity index (χ3v) is 7.48. The topological polar surface area (TPSA) is 136 Å². The van der Waals surface area contributed by atoms with Crippen molar-refractivity contribution in [2.45, 2.75) is 25.4 Å². The minimum absolute atomic E-state index is 0.00974. The molecule has 0 saturated carbocycles. The fraction of sp³-hybridized carbons (Fsp3) is 0.320. The summed E-state index contributed by atoms with van der Waals surface area (Å²) in [6.45, 7) is 2.00. The number of methoxy groups -OCH3 is 1. The van der Waals surface area contributed by atoms with Gasteiger partial charge in [0.15, 0.2) is 22.3 Å². The van der Waals surface area contributed by atoms with Crippen molar-refractivity contribution in [2.75, 3.05) is 19.2 Å². The fourth-order valence-electron chi connectivity index (χ4n) is 4.61. The van der Waals surface area contributed by atoms with E-state index in [4.69, 9.17) is 21.1 Å². The smallest absolute Gasteiger partial charge is 0.357 e. The van der Waals surface area contributed by atoms with Crippen molar-refractivity contribution in [3.63, 3.8) is 0 Å². The molecule has 2 N–H and O–H groups in total. The highest BCUT2D eigenvalue weighted by Crippen LogP contribution is 2.36. The van der Waals surface area contributed by atoms with Crippen LogP contribution < -0.4 is 10.6 Å². The molecule has 2 aliphatic heterocycles. The second kappa shape index (κ2) is 10.5. The number of nitrogens with one attached hydrogen (secondary N) is 2. The van der Waals surface area contributed by atoms with Gasteiger partial charge in [-0.25, -0.2) is 19.5 Å². The summed E-state index contributed by atoms with van der Waals surface area (Å²) in [6.07, 6.45) is 3.64. The molecule has 1 aromatic heterocycles. The Bertz CT molecular complexity index is 1370. The predicted molar refractivity (Wildman–Crippen MR) is 136 cm³/mol. The molecule has 11 nitrogen and oxygen atoms in total. The molecule has 13 heteroatoms. The molecular weight excluding hydrogens is 536 g/mol. The Morgan fingerprint density at radius 3 is 2.79 bits per heavy atom. The van der Waals surface area contributed by atoms with E-state index in [0.29, 0.717) is 22.1 Å². The summed E-state index contributed by atoms with van der Waals surface area (Å²) >= 11 is 7.15. The van der Waals surface area contributed by atoms with Gasteiger partial charge < -0.3 is 24.8 Å². The maximum Gasteiger partial charge on any atom is 0.357 e. The molecule has 2 fully saturated rings. The van der Waals surface area contributed by atoms with Crippen LogP contribution in [0.4, 0.5) is 9.93 Å². The lowest BCUT2D eigenvalue weighted by molar-refractivity contribution is -0.134. The molecule has 38 heavy (non-hydrogen) atoms. The molecule has 1 aliphatic carbocycles. The summed E-state index contributed by atoms with van der Waals surface area (Å²) in [5, 5.41) is 7.37. The number of hydrogen-bond donors (Lipinski definition) is 2. The third-order valence-electron chi connectivity index (χ3n) is 6.48. The second-order valence-electron chi connectivity index (χ2n) is 8.91. The van der Waals surface area contributed by atoms with Crippen LogP contribution >= 0.6 is 22.9 Å². The van der Waals surface area contributed by atoms with Crippen LogP contribution in [0.3, 0.4) is 0 Å². The minimum atomic E-state index is -1.22. The van der Waals surface area contributed by atoms with Crippen molar-refractivity contribution in [2.24, 2.45) is 11.8 Å². The van der Waals surface area contributed by atoms with Gasteiger partial charge in [-0.05, 0) is 35.8 Å². The molecular formula is C25H23ClN4O7S. The summed E-state index contributed by atoms with van der Waals surface area (Å²) in [4.78, 5) is 57.1. The normalized spacial score (nSPS) is 22.9. The lowest BCUT2D eigenvalue weighted by atomic mass is 9.83. The van der Waals surface area contributed by atoms with Crippen LogP contribution in [-0.4, -0.2) is 59.7 Å². The lowest BCUT2D eigenvalue weighted by Gasteiger charge is -2.27. The molecule has 4 amide bonds. The first kappa shape index (κ1) is 25.7. The van der Waals surface area contributed by atoms with Gasteiger partial charge in [0.05, 0.1) is 7.11 Å². The monoisotopic (exact) mass is 558 g/mol. The van der Waals surface area contributed by atoms with Crippen molar-refractivity contribution in [3.8, 4) is 0 Å². The number of fused-ring (bicyclic) bond motifs is 1. The Morgan fingerprint density at radius 2 is 2.05 bits per heavy atom. The maximum absolute atomic E-state index is 13.7. The number of imide groups is 1. The highest BCUT2D eigenvalue weighted by molar-refractivity contribution is 7.14. The van der Waals surface area contributed by atoms with Gasteiger partial charge >= 0.3 is 12.0 Å². The number of hydrogen-bond acceptors (Lipinski definition) is 9. The zero-order chi connectivity index (χ0) is 27.0. The van der Waals surface area contributed by atoms with Gasteiger partial charge in [-0.1, -0.05) is 30.7 Å². The number of esters is 1. The highest BCUT2D eigenvalue weighted by atomic mass is 35.5. The Labute approximate surface area is 226 Å². The largest absolute Gasteiger partial charge is 0.464 e. The summed E-state index contributed by atoms with van der Waals surface area (Å²) in [6, 6.07) is 3.98. The molecule has 3 unspecified atom stereocenters. The SMILES string of the molecule is COC(=O)c1csc(NC(=O)C(Cc2cccc(Cl)c2)N2C(=O)N[C@@H](C3C=C4OCOC4=CC3C)C2=O)n1. The van der Waals surface area contributed by atoms with Crippen molar-refractivity contribution >= 4 is 51.9 Å². The predicted octanol–water partition coefficient (Wildman–Crippen LogP) is 3.09. The maximum atomic E-state index is 13.7. The number of halogens is 1. The van der Waals surface area contributed by atoms with Crippen LogP contribution in [0, 0.1) is 11.8 Å². The Hall–Kier alpha value is -3.90. The van der Waals surface area contributed by atoms with Gasteiger partial charge in [0.25, 0.3) is 5.91 Å². The fourth-order valence-corrected chi connectivity index (χ4v) is 5.51. The number of carbonyl (C=O) groups is 4. The number of carbonyl (C=O) groups excluding carboxylic acids is 4. The van der Waals surface area contributed by atoms with Crippen LogP contribution in [0.2, 0.25) is 5.02 Å². The van der Waals surface area contributed by atoms with Crippen molar-refractivity contribution in [3.05, 3.63) is 69.6 Å². The standard InChI is InChI=1S/C25H23ClN4O7S/c1-12-6-18-19(37-11-36-18)9-15(12)20-22(32)30(25(34)28-20)17(8-13-4-3-5-14(26)7-13)21(31)29-24-27-16(10-38-24)23(33)35-2/h3-7,9-10,12,15,17,20H,8,11H2,1-2H3,(H,28,34)(H,27,29,31)/t12?,15?,17?,20-/m0/s1. The van der Waals surface area contributed by atoms with E-state index in [-0.39, 0.29) is 30.0 Å². The van der Waals surface area contributed by atoms with Crippen LogP contribution in [0.1, 0.15) is 23.0 Å². The molecule has 198 valence electrons. The summed E-state index contributed by atoms with van der Waals surface area (Å²) in [5.41, 5.74) is 0.674. The zero-order valence-corrected chi connectivity index (χ0v) is 21.9. The van der Waals surface area contributed by atoms with E-state index in [1.807, 2.05) is 13.0 Å². The molecule has 2 aromatic rings. The molecule has 0 radical (unpaired) electrons. The first-order valence-corrected chi connectivity index (χ1v) is 12.9. The van der Waals surface area contributed by atoms with Crippen LogP contribution in [0.15, 0.2) is 53.3 Å². The average molecular weight is 559 g/mol. The number of aromatic nitrogens is 1. The van der Waals surface area contributed by atoms with E-state index >= 15 is 0 Å². The number of rotatable bonds is 7. The van der Waals surface area contributed by atoms with E-state index in [1.165, 1.54) is 12.5 Å². The number of anilines is 1. The van der Waals surface area contributed by atoms with Crippen molar-refractivity contribution < 1.29 is 33.4 Å². The summed E-state index contributed by atoms with van der Waals surface area (Å²) in [7, 11) is 1.22. The number of ether oxygens (including phenoxy) is 3. The van der Waals surface area contributed by atoms with E-state index in [9.17, 15) is 19.2 Å². The van der Waals surface area contributed by atoms with Gasteiger partial charge in [-0.3, -0.25) is 9.59 Å². The molecule has 0 spiro atoms. The molecule has 0 bridgehead atoms. The van der Waals surface area contributed by atoms with E-state index in [1.54, 1.807) is 30.3 Å². The molecule has 3 aliphatic rings. The van der Waals surface area contributed by atoms with Gasteiger partial charge in [-0.2, -0.15) is 0 Å². The Kier molecular flexibility index (Phi) is 7.09. The highest BCUT2D eigenvalue weighted by Gasteiger charge is 2.49. The van der Waals surface area contributed by atoms with Crippen molar-refractivity contribution in [1.82, 2.24) is 15.2 Å². The van der Waals surface area contributed by atoms with Gasteiger partial charge in [-0.15, -0.1) is 11.3 Å². The quantitative estimate of drug-likeness (QED) is 0.391. The number of allylic oxidation sites excluding steroid dienone is 1. The number of amides is 4. The number of nitrogens with zero attached hydrogens (tertiary/aromatic N) is 2. The molecule has 5 rings (SSSR count). The zero-order valence-electron chi connectivity index (χ0n) is 20.3. The molecule has 1 aromatic carbocycles. The van der Waals surface area contributed by atoms with E-state index < -0.39 is 41.8 Å².